The van der Waals surface area contributed by atoms with Gasteiger partial charge in [0.15, 0.2) is 0 Å². The Morgan fingerprint density at radius 2 is 2.06 bits per heavy atom. The maximum absolute atomic E-state index is 5.85. The lowest BCUT2D eigenvalue weighted by molar-refractivity contribution is 0.561. The average molecular weight is 248 g/mol. The van der Waals surface area contributed by atoms with Gasteiger partial charge in [-0.05, 0) is 36.8 Å². The smallest absolute Gasteiger partial charge is 0.0955 e. The molecule has 1 aromatic carbocycles. The Labute approximate surface area is 106 Å². The fraction of sp³-hybridized carbons (Fsp3) is 0.143. The molecular formula is C14H14ClNO. The molecule has 2 rings (SSSR count). The van der Waals surface area contributed by atoms with Crippen molar-refractivity contribution in [2.24, 2.45) is 0 Å². The normalized spacial score (nSPS) is 12.1. The largest absolute Gasteiger partial charge is 0.472 e. The number of benzene rings is 1. The SMILES string of the molecule is C=CCC(Nc1ccc(Cl)cc1)c1ccoc1. The molecule has 0 spiro atoms. The van der Waals surface area contributed by atoms with E-state index < -0.39 is 0 Å². The molecule has 0 aliphatic heterocycles. The van der Waals surface area contributed by atoms with Crippen LogP contribution in [0, 0.1) is 0 Å². The molecule has 17 heavy (non-hydrogen) atoms. The first kappa shape index (κ1) is 11.8. The molecule has 1 atom stereocenters. The summed E-state index contributed by atoms with van der Waals surface area (Å²) in [5.41, 5.74) is 2.14. The molecule has 1 unspecified atom stereocenters. The molecule has 0 bridgehead atoms. The molecule has 0 saturated carbocycles. The molecular weight excluding hydrogens is 234 g/mol. The Morgan fingerprint density at radius 1 is 1.29 bits per heavy atom. The number of hydrogen-bond donors (Lipinski definition) is 1. The van der Waals surface area contributed by atoms with Crippen molar-refractivity contribution in [1.82, 2.24) is 0 Å². The molecule has 0 aliphatic rings. The minimum atomic E-state index is 0.174. The number of rotatable bonds is 5. The zero-order chi connectivity index (χ0) is 12.1. The summed E-state index contributed by atoms with van der Waals surface area (Å²) in [5, 5.41) is 4.15. The van der Waals surface area contributed by atoms with E-state index in [1.807, 2.05) is 36.4 Å². The zero-order valence-electron chi connectivity index (χ0n) is 9.40. The predicted octanol–water partition coefficient (Wildman–Crippen LogP) is 4.66. The van der Waals surface area contributed by atoms with Crippen LogP contribution in [0.5, 0.6) is 0 Å². The molecule has 1 aromatic heterocycles. The van der Waals surface area contributed by atoms with Gasteiger partial charge in [0.2, 0.25) is 0 Å². The number of anilines is 1. The number of hydrogen-bond acceptors (Lipinski definition) is 2. The summed E-state index contributed by atoms with van der Waals surface area (Å²) >= 11 is 5.85. The van der Waals surface area contributed by atoms with Gasteiger partial charge in [-0.3, -0.25) is 0 Å². The van der Waals surface area contributed by atoms with Crippen LogP contribution in [0.2, 0.25) is 5.02 Å². The molecule has 88 valence electrons. The second-order valence-corrected chi connectivity index (χ2v) is 4.22. The third-order valence-electron chi connectivity index (χ3n) is 2.53. The first-order chi connectivity index (χ1) is 8.29. The maximum atomic E-state index is 5.85. The van der Waals surface area contributed by atoms with Crippen LogP contribution in [-0.4, -0.2) is 0 Å². The quantitative estimate of drug-likeness (QED) is 0.778. The first-order valence-corrected chi connectivity index (χ1v) is 5.82. The Morgan fingerprint density at radius 3 is 2.65 bits per heavy atom. The van der Waals surface area contributed by atoms with Crippen LogP contribution in [0.25, 0.3) is 0 Å². The Kier molecular flexibility index (Phi) is 3.89. The van der Waals surface area contributed by atoms with Gasteiger partial charge in [-0.1, -0.05) is 17.7 Å². The van der Waals surface area contributed by atoms with Crippen LogP contribution in [0.4, 0.5) is 5.69 Å². The van der Waals surface area contributed by atoms with E-state index in [1.165, 1.54) is 0 Å². The molecule has 1 N–H and O–H groups in total. The van der Waals surface area contributed by atoms with Crippen LogP contribution in [-0.2, 0) is 0 Å². The van der Waals surface area contributed by atoms with Gasteiger partial charge in [0.25, 0.3) is 0 Å². The summed E-state index contributed by atoms with van der Waals surface area (Å²) < 4.78 is 5.10. The van der Waals surface area contributed by atoms with E-state index in [2.05, 4.69) is 11.9 Å². The van der Waals surface area contributed by atoms with E-state index in [0.29, 0.717) is 0 Å². The van der Waals surface area contributed by atoms with Gasteiger partial charge in [-0.25, -0.2) is 0 Å². The lowest BCUT2D eigenvalue weighted by atomic mass is 10.1. The average Bonchev–Trinajstić information content (AvgIpc) is 2.85. The van der Waals surface area contributed by atoms with Crippen molar-refractivity contribution < 1.29 is 4.42 Å². The first-order valence-electron chi connectivity index (χ1n) is 5.44. The Hall–Kier alpha value is -1.67. The molecule has 2 aromatic rings. The minimum Gasteiger partial charge on any atom is -0.472 e. The number of nitrogens with one attached hydrogen (secondary N) is 1. The second kappa shape index (κ2) is 5.60. The fourth-order valence-electron chi connectivity index (χ4n) is 1.67. The topological polar surface area (TPSA) is 25.2 Å². The third kappa shape index (κ3) is 3.14. The van der Waals surface area contributed by atoms with E-state index in [0.717, 1.165) is 22.7 Å². The molecule has 3 heteroatoms. The van der Waals surface area contributed by atoms with Gasteiger partial charge in [0.1, 0.15) is 0 Å². The Bertz CT molecular complexity index is 461. The molecule has 1 heterocycles. The lowest BCUT2D eigenvalue weighted by Crippen LogP contribution is -2.08. The summed E-state index contributed by atoms with van der Waals surface area (Å²) in [5.74, 6) is 0. The standard InChI is InChI=1S/C14H14ClNO/c1-2-3-14(11-8-9-17-10-11)16-13-6-4-12(15)5-7-13/h2,4-10,14,16H,1,3H2. The van der Waals surface area contributed by atoms with Crippen LogP contribution in [0.15, 0.2) is 59.9 Å². The van der Waals surface area contributed by atoms with Gasteiger partial charge in [0, 0.05) is 16.3 Å². The Balaban J connectivity index is 2.13. The van der Waals surface area contributed by atoms with Crippen molar-refractivity contribution >= 4 is 17.3 Å². The van der Waals surface area contributed by atoms with Gasteiger partial charge in [-0.15, -0.1) is 6.58 Å². The van der Waals surface area contributed by atoms with Gasteiger partial charge in [-0.2, -0.15) is 0 Å². The van der Waals surface area contributed by atoms with E-state index in [-0.39, 0.29) is 6.04 Å². The van der Waals surface area contributed by atoms with Crippen molar-refractivity contribution in [2.45, 2.75) is 12.5 Å². The molecule has 2 nitrogen and oxygen atoms in total. The molecule has 0 radical (unpaired) electrons. The number of furan rings is 1. The summed E-state index contributed by atoms with van der Waals surface area (Å²) in [6.45, 7) is 3.77. The molecule has 0 saturated heterocycles. The minimum absolute atomic E-state index is 0.174. The fourth-order valence-corrected chi connectivity index (χ4v) is 1.79. The van der Waals surface area contributed by atoms with E-state index in [4.69, 9.17) is 16.0 Å². The van der Waals surface area contributed by atoms with Gasteiger partial charge < -0.3 is 9.73 Å². The highest BCUT2D eigenvalue weighted by Crippen LogP contribution is 2.24. The second-order valence-electron chi connectivity index (χ2n) is 3.78. The highest BCUT2D eigenvalue weighted by molar-refractivity contribution is 6.30. The molecule has 0 aliphatic carbocycles. The third-order valence-corrected chi connectivity index (χ3v) is 2.79. The van der Waals surface area contributed by atoms with Crippen LogP contribution in [0.3, 0.4) is 0 Å². The van der Waals surface area contributed by atoms with Crippen molar-refractivity contribution in [3.63, 3.8) is 0 Å². The van der Waals surface area contributed by atoms with Crippen molar-refractivity contribution in [1.29, 1.82) is 0 Å². The van der Waals surface area contributed by atoms with Gasteiger partial charge in [0.05, 0.1) is 18.6 Å². The van der Waals surface area contributed by atoms with E-state index >= 15 is 0 Å². The number of halogens is 1. The van der Waals surface area contributed by atoms with E-state index in [1.54, 1.807) is 12.5 Å². The summed E-state index contributed by atoms with van der Waals surface area (Å²) in [6, 6.07) is 9.77. The zero-order valence-corrected chi connectivity index (χ0v) is 10.2. The van der Waals surface area contributed by atoms with Crippen molar-refractivity contribution in [3.8, 4) is 0 Å². The highest BCUT2D eigenvalue weighted by Gasteiger charge is 2.10. The maximum Gasteiger partial charge on any atom is 0.0955 e. The molecule has 0 fully saturated rings. The molecule has 0 amide bonds. The van der Waals surface area contributed by atoms with Crippen LogP contribution >= 0.6 is 11.6 Å². The van der Waals surface area contributed by atoms with E-state index in [9.17, 15) is 0 Å². The summed E-state index contributed by atoms with van der Waals surface area (Å²) in [7, 11) is 0. The van der Waals surface area contributed by atoms with Crippen molar-refractivity contribution in [2.75, 3.05) is 5.32 Å². The summed E-state index contributed by atoms with van der Waals surface area (Å²) in [6.07, 6.45) is 6.15. The van der Waals surface area contributed by atoms with Crippen LogP contribution < -0.4 is 5.32 Å². The monoisotopic (exact) mass is 247 g/mol. The van der Waals surface area contributed by atoms with Crippen LogP contribution in [0.1, 0.15) is 18.0 Å². The predicted molar refractivity (Wildman–Crippen MR) is 71.3 cm³/mol. The lowest BCUT2D eigenvalue weighted by Gasteiger charge is -2.17. The summed E-state index contributed by atoms with van der Waals surface area (Å²) in [4.78, 5) is 0. The van der Waals surface area contributed by atoms with Gasteiger partial charge >= 0.3 is 0 Å². The van der Waals surface area contributed by atoms with Crippen molar-refractivity contribution in [3.05, 3.63) is 66.1 Å². The highest BCUT2D eigenvalue weighted by atomic mass is 35.5.